The van der Waals surface area contributed by atoms with Crippen molar-refractivity contribution >= 4 is 5.90 Å². The van der Waals surface area contributed by atoms with Crippen LogP contribution in [0.3, 0.4) is 0 Å². The predicted octanol–water partition coefficient (Wildman–Crippen LogP) is 1.84. The van der Waals surface area contributed by atoms with Crippen LogP contribution in [0.1, 0.15) is 6.92 Å². The molecule has 4 heteroatoms. The highest BCUT2D eigenvalue weighted by Gasteiger charge is 2.25. The van der Waals surface area contributed by atoms with Crippen molar-refractivity contribution in [2.24, 2.45) is 0 Å². The van der Waals surface area contributed by atoms with E-state index in [1.807, 2.05) is 31.2 Å². The van der Waals surface area contributed by atoms with Gasteiger partial charge in [0.2, 0.25) is 12.0 Å². The van der Waals surface area contributed by atoms with Gasteiger partial charge in [-0.2, -0.15) is 0 Å². The lowest BCUT2D eigenvalue weighted by Gasteiger charge is -2.26. The minimum atomic E-state index is -0.431. The van der Waals surface area contributed by atoms with E-state index < -0.39 is 6.10 Å². The first-order chi connectivity index (χ1) is 7.31. The fourth-order valence-corrected chi connectivity index (χ4v) is 1.40. The summed E-state index contributed by atoms with van der Waals surface area (Å²) in [5.41, 5.74) is 0. The molecule has 2 rings (SSSR count). The topological polar surface area (TPSA) is 51.5 Å². The van der Waals surface area contributed by atoms with E-state index in [0.29, 0.717) is 19.0 Å². The van der Waals surface area contributed by atoms with Gasteiger partial charge in [-0.15, -0.1) is 0 Å². The molecule has 1 aliphatic rings. The Morgan fingerprint density at radius 2 is 2.20 bits per heavy atom. The van der Waals surface area contributed by atoms with Gasteiger partial charge in [-0.05, 0) is 19.1 Å². The SMILES string of the molecule is CCOC(=N)C1COc2ccccc2O1. The molecule has 0 radical (unpaired) electrons. The molecule has 0 spiro atoms. The van der Waals surface area contributed by atoms with Gasteiger partial charge >= 0.3 is 0 Å². The van der Waals surface area contributed by atoms with Gasteiger partial charge in [-0.3, -0.25) is 5.41 Å². The minimum absolute atomic E-state index is 0.118. The molecule has 4 nitrogen and oxygen atoms in total. The van der Waals surface area contributed by atoms with Crippen molar-refractivity contribution in [1.82, 2.24) is 0 Å². The molecule has 1 aromatic carbocycles. The second kappa shape index (κ2) is 4.21. The van der Waals surface area contributed by atoms with E-state index in [1.54, 1.807) is 0 Å². The fourth-order valence-electron chi connectivity index (χ4n) is 1.40. The van der Waals surface area contributed by atoms with Crippen molar-refractivity contribution in [2.45, 2.75) is 13.0 Å². The zero-order valence-corrected chi connectivity index (χ0v) is 8.53. The van der Waals surface area contributed by atoms with Gasteiger partial charge in [0.15, 0.2) is 11.5 Å². The number of rotatable bonds is 2. The maximum absolute atomic E-state index is 7.60. The molecule has 1 N–H and O–H groups in total. The second-order valence-corrected chi connectivity index (χ2v) is 3.16. The maximum atomic E-state index is 7.60. The van der Waals surface area contributed by atoms with E-state index in [0.717, 1.165) is 5.75 Å². The monoisotopic (exact) mass is 207 g/mol. The minimum Gasteiger partial charge on any atom is -0.485 e. The number of para-hydroxylation sites is 2. The molecule has 1 aromatic rings. The standard InChI is InChI=1S/C11H13NO3/c1-2-13-11(12)10-7-14-8-5-3-4-6-9(8)15-10/h3-6,10,12H,2,7H2,1H3. The van der Waals surface area contributed by atoms with Crippen LogP contribution >= 0.6 is 0 Å². The molecule has 0 saturated carbocycles. The van der Waals surface area contributed by atoms with Crippen LogP contribution < -0.4 is 9.47 Å². The molecule has 0 aromatic heterocycles. The first-order valence-electron chi connectivity index (χ1n) is 4.91. The lowest BCUT2D eigenvalue weighted by molar-refractivity contribution is 0.112. The predicted molar refractivity (Wildman–Crippen MR) is 55.7 cm³/mol. The van der Waals surface area contributed by atoms with Crippen molar-refractivity contribution in [3.63, 3.8) is 0 Å². The number of fused-ring (bicyclic) bond motifs is 1. The molecule has 1 atom stereocenters. The van der Waals surface area contributed by atoms with Crippen molar-refractivity contribution < 1.29 is 14.2 Å². The average molecular weight is 207 g/mol. The van der Waals surface area contributed by atoms with Gasteiger partial charge in [-0.1, -0.05) is 12.1 Å². The molecule has 0 aliphatic carbocycles. The molecule has 0 saturated heterocycles. The van der Waals surface area contributed by atoms with E-state index in [1.165, 1.54) is 0 Å². The zero-order chi connectivity index (χ0) is 10.7. The molecule has 0 fully saturated rings. The molecular weight excluding hydrogens is 194 g/mol. The Kier molecular flexibility index (Phi) is 2.76. The summed E-state index contributed by atoms with van der Waals surface area (Å²) in [7, 11) is 0. The smallest absolute Gasteiger partial charge is 0.226 e. The summed E-state index contributed by atoms with van der Waals surface area (Å²) >= 11 is 0. The second-order valence-electron chi connectivity index (χ2n) is 3.16. The van der Waals surface area contributed by atoms with E-state index in [4.69, 9.17) is 19.6 Å². The average Bonchev–Trinajstić information content (AvgIpc) is 2.29. The summed E-state index contributed by atoms with van der Waals surface area (Å²) in [6.07, 6.45) is -0.431. The van der Waals surface area contributed by atoms with Crippen LogP contribution in [-0.4, -0.2) is 25.2 Å². The van der Waals surface area contributed by atoms with Gasteiger partial charge in [0.05, 0.1) is 6.61 Å². The molecule has 0 amide bonds. The van der Waals surface area contributed by atoms with Gasteiger partial charge < -0.3 is 14.2 Å². The fraction of sp³-hybridized carbons (Fsp3) is 0.364. The van der Waals surface area contributed by atoms with Crippen LogP contribution in [0.25, 0.3) is 0 Å². The Morgan fingerprint density at radius 3 is 2.93 bits per heavy atom. The molecule has 1 aliphatic heterocycles. The first kappa shape index (κ1) is 9.83. The van der Waals surface area contributed by atoms with Crippen LogP contribution in [0.15, 0.2) is 24.3 Å². The largest absolute Gasteiger partial charge is 0.485 e. The first-order valence-corrected chi connectivity index (χ1v) is 4.91. The number of benzene rings is 1. The van der Waals surface area contributed by atoms with Crippen LogP contribution in [0, 0.1) is 5.41 Å². The zero-order valence-electron chi connectivity index (χ0n) is 8.53. The molecule has 0 bridgehead atoms. The van der Waals surface area contributed by atoms with Crippen molar-refractivity contribution in [1.29, 1.82) is 5.41 Å². The summed E-state index contributed by atoms with van der Waals surface area (Å²) in [6, 6.07) is 7.42. The number of hydrogen-bond donors (Lipinski definition) is 1. The van der Waals surface area contributed by atoms with Gasteiger partial charge in [0, 0.05) is 0 Å². The Balaban J connectivity index is 2.08. The molecule has 80 valence electrons. The Bertz CT molecular complexity index is 365. The third-order valence-corrected chi connectivity index (χ3v) is 2.10. The normalized spacial score (nSPS) is 18.3. The molecule has 15 heavy (non-hydrogen) atoms. The highest BCUT2D eigenvalue weighted by Crippen LogP contribution is 2.31. The van der Waals surface area contributed by atoms with Gasteiger partial charge in [0.1, 0.15) is 6.61 Å². The summed E-state index contributed by atoms with van der Waals surface area (Å²) in [5.74, 6) is 1.50. The van der Waals surface area contributed by atoms with Crippen molar-refractivity contribution in [2.75, 3.05) is 13.2 Å². The quantitative estimate of drug-likeness (QED) is 0.594. The van der Waals surface area contributed by atoms with E-state index in [-0.39, 0.29) is 5.90 Å². The summed E-state index contributed by atoms with van der Waals surface area (Å²) in [4.78, 5) is 0. The third kappa shape index (κ3) is 2.03. The molecular formula is C11H13NO3. The molecule has 1 unspecified atom stereocenters. The number of ether oxygens (including phenoxy) is 3. The summed E-state index contributed by atoms with van der Waals surface area (Å²) in [5, 5.41) is 7.60. The Hall–Kier alpha value is -1.71. The van der Waals surface area contributed by atoms with Crippen molar-refractivity contribution in [3.05, 3.63) is 24.3 Å². The lowest BCUT2D eigenvalue weighted by atomic mass is 10.2. The number of hydrogen-bond acceptors (Lipinski definition) is 4. The number of nitrogens with one attached hydrogen (secondary N) is 1. The van der Waals surface area contributed by atoms with E-state index in [9.17, 15) is 0 Å². The van der Waals surface area contributed by atoms with Crippen LogP contribution in [-0.2, 0) is 4.74 Å². The highest BCUT2D eigenvalue weighted by molar-refractivity contribution is 5.78. The van der Waals surface area contributed by atoms with Crippen LogP contribution in [0.5, 0.6) is 11.5 Å². The summed E-state index contributed by atoms with van der Waals surface area (Å²) in [6.45, 7) is 2.64. The summed E-state index contributed by atoms with van der Waals surface area (Å²) < 4.78 is 16.1. The van der Waals surface area contributed by atoms with Gasteiger partial charge in [0.25, 0.3) is 0 Å². The third-order valence-electron chi connectivity index (χ3n) is 2.10. The van der Waals surface area contributed by atoms with Crippen LogP contribution in [0.2, 0.25) is 0 Å². The Morgan fingerprint density at radius 1 is 1.47 bits per heavy atom. The van der Waals surface area contributed by atoms with Crippen molar-refractivity contribution in [3.8, 4) is 11.5 Å². The molecule has 1 heterocycles. The maximum Gasteiger partial charge on any atom is 0.226 e. The van der Waals surface area contributed by atoms with E-state index in [2.05, 4.69) is 0 Å². The van der Waals surface area contributed by atoms with E-state index >= 15 is 0 Å². The highest BCUT2D eigenvalue weighted by atomic mass is 16.6. The lowest BCUT2D eigenvalue weighted by Crippen LogP contribution is -2.37. The Labute approximate surface area is 88.3 Å². The van der Waals surface area contributed by atoms with Crippen LogP contribution in [0.4, 0.5) is 0 Å². The van der Waals surface area contributed by atoms with Gasteiger partial charge in [-0.25, -0.2) is 0 Å².